The number of nitrogens with one attached hydrogen (secondary N) is 1. The van der Waals surface area contributed by atoms with Crippen molar-refractivity contribution in [1.82, 2.24) is 14.8 Å². The van der Waals surface area contributed by atoms with Crippen LogP contribution in [0.1, 0.15) is 11.1 Å². The number of rotatable bonds is 6. The van der Waals surface area contributed by atoms with E-state index in [0.717, 1.165) is 86.0 Å². The first-order chi connectivity index (χ1) is 16.2. The number of pyridine rings is 1. The van der Waals surface area contributed by atoms with Crippen LogP contribution in [0.2, 0.25) is 5.02 Å². The summed E-state index contributed by atoms with van der Waals surface area (Å²) in [5.41, 5.74) is 4.59. The van der Waals surface area contributed by atoms with Crippen LogP contribution in [0.15, 0.2) is 42.6 Å². The number of aromatic hydroxyl groups is 1. The van der Waals surface area contributed by atoms with E-state index in [1.54, 1.807) is 6.20 Å². The van der Waals surface area contributed by atoms with Crippen molar-refractivity contribution in [3.8, 4) is 5.75 Å². The Morgan fingerprint density at radius 3 is 2.09 bits per heavy atom. The molecule has 2 N–H and O–H groups in total. The number of phenolic OH excluding ortho intramolecular Hbond substituents is 1. The van der Waals surface area contributed by atoms with Gasteiger partial charge in [-0.15, -0.1) is 0 Å². The summed E-state index contributed by atoms with van der Waals surface area (Å²) in [6.07, 6.45) is 1.78. The second kappa shape index (κ2) is 10.2. The van der Waals surface area contributed by atoms with Crippen molar-refractivity contribution in [2.75, 3.05) is 57.9 Å². The number of fused-ring (bicyclic) bond motifs is 1. The van der Waals surface area contributed by atoms with Gasteiger partial charge in [0.2, 0.25) is 0 Å². The van der Waals surface area contributed by atoms with Crippen LogP contribution in [-0.2, 0) is 22.6 Å². The van der Waals surface area contributed by atoms with Gasteiger partial charge in [-0.25, -0.2) is 0 Å². The van der Waals surface area contributed by atoms with E-state index < -0.39 is 0 Å². The van der Waals surface area contributed by atoms with Gasteiger partial charge < -0.3 is 19.9 Å². The molecule has 0 spiro atoms. The number of phenols is 1. The van der Waals surface area contributed by atoms with Gasteiger partial charge in [0.15, 0.2) is 0 Å². The molecule has 0 radical (unpaired) electrons. The van der Waals surface area contributed by atoms with Crippen molar-refractivity contribution in [3.05, 3.63) is 58.7 Å². The van der Waals surface area contributed by atoms with E-state index in [4.69, 9.17) is 21.1 Å². The zero-order valence-corrected chi connectivity index (χ0v) is 19.4. The predicted octanol–water partition coefficient (Wildman–Crippen LogP) is 4.00. The van der Waals surface area contributed by atoms with Crippen LogP contribution < -0.4 is 5.32 Å². The molecule has 2 saturated heterocycles. The van der Waals surface area contributed by atoms with Gasteiger partial charge in [0.25, 0.3) is 0 Å². The van der Waals surface area contributed by atoms with E-state index in [-0.39, 0.29) is 0 Å². The summed E-state index contributed by atoms with van der Waals surface area (Å²) in [6.45, 7) is 7.75. The number of hydrogen-bond acceptors (Lipinski definition) is 7. The minimum Gasteiger partial charge on any atom is -0.507 e. The van der Waals surface area contributed by atoms with Crippen LogP contribution in [0, 0.1) is 0 Å². The molecule has 8 heteroatoms. The smallest absolute Gasteiger partial charge is 0.124 e. The number of morpholine rings is 2. The van der Waals surface area contributed by atoms with Crippen LogP contribution in [0.5, 0.6) is 5.75 Å². The van der Waals surface area contributed by atoms with Crippen molar-refractivity contribution in [1.29, 1.82) is 0 Å². The van der Waals surface area contributed by atoms with Crippen LogP contribution in [0.25, 0.3) is 10.9 Å². The summed E-state index contributed by atoms with van der Waals surface area (Å²) in [5.74, 6) is 0.380. The average Bonchev–Trinajstić information content (AvgIpc) is 2.83. The number of aromatic nitrogens is 1. The highest BCUT2D eigenvalue weighted by atomic mass is 35.5. The summed E-state index contributed by atoms with van der Waals surface area (Å²) < 4.78 is 11.0. The summed E-state index contributed by atoms with van der Waals surface area (Å²) in [7, 11) is 0. The topological polar surface area (TPSA) is 70.1 Å². The molecule has 1 aromatic heterocycles. The molecule has 0 unspecified atom stereocenters. The first kappa shape index (κ1) is 22.4. The lowest BCUT2D eigenvalue weighted by Gasteiger charge is -2.29. The number of hydrogen-bond donors (Lipinski definition) is 2. The second-order valence-electron chi connectivity index (χ2n) is 8.57. The van der Waals surface area contributed by atoms with Crippen LogP contribution >= 0.6 is 11.6 Å². The van der Waals surface area contributed by atoms with Gasteiger partial charge >= 0.3 is 0 Å². The number of halogens is 1. The van der Waals surface area contributed by atoms with Gasteiger partial charge in [-0.2, -0.15) is 0 Å². The summed E-state index contributed by atoms with van der Waals surface area (Å²) in [6, 6.07) is 11.8. The van der Waals surface area contributed by atoms with Crippen LogP contribution in [-0.4, -0.2) is 72.5 Å². The number of ether oxygens (including phenoxy) is 2. The van der Waals surface area contributed by atoms with Gasteiger partial charge in [-0.1, -0.05) is 11.6 Å². The molecule has 2 aliphatic rings. The Hall–Kier alpha value is -2.42. The van der Waals surface area contributed by atoms with Gasteiger partial charge in [0.05, 0.1) is 31.9 Å². The number of benzene rings is 2. The van der Waals surface area contributed by atoms with E-state index in [9.17, 15) is 5.11 Å². The fourth-order valence-corrected chi connectivity index (χ4v) is 4.63. The highest BCUT2D eigenvalue weighted by Gasteiger charge is 2.19. The van der Waals surface area contributed by atoms with Gasteiger partial charge in [0.1, 0.15) is 5.75 Å². The quantitative estimate of drug-likeness (QED) is 0.530. The number of anilines is 2. The summed E-state index contributed by atoms with van der Waals surface area (Å²) in [4.78, 5) is 9.09. The largest absolute Gasteiger partial charge is 0.507 e. The molecule has 3 heterocycles. The van der Waals surface area contributed by atoms with E-state index in [0.29, 0.717) is 23.9 Å². The maximum atomic E-state index is 11.2. The fraction of sp³-hybridized carbons (Fsp3) is 0.400. The molecule has 5 rings (SSSR count). The van der Waals surface area contributed by atoms with E-state index >= 15 is 0 Å². The maximum Gasteiger partial charge on any atom is 0.124 e. The number of nitrogens with zero attached hydrogens (tertiary/aromatic N) is 3. The molecular weight excluding hydrogens is 440 g/mol. The summed E-state index contributed by atoms with van der Waals surface area (Å²) >= 11 is 6.16. The average molecular weight is 469 g/mol. The van der Waals surface area contributed by atoms with Crippen LogP contribution in [0.3, 0.4) is 0 Å². The predicted molar refractivity (Wildman–Crippen MR) is 130 cm³/mol. The molecule has 174 valence electrons. The van der Waals surface area contributed by atoms with E-state index in [1.807, 2.05) is 24.3 Å². The maximum absolute atomic E-state index is 11.2. The van der Waals surface area contributed by atoms with Gasteiger partial charge in [0, 0.05) is 78.4 Å². The molecule has 7 nitrogen and oxygen atoms in total. The molecule has 3 aromatic rings. The Bertz CT molecular complexity index is 1070. The molecule has 33 heavy (non-hydrogen) atoms. The second-order valence-corrected chi connectivity index (χ2v) is 9.00. The van der Waals surface area contributed by atoms with Crippen LogP contribution in [0.4, 0.5) is 11.4 Å². The minimum absolute atomic E-state index is 0.380. The third-order valence-corrected chi connectivity index (χ3v) is 6.48. The van der Waals surface area contributed by atoms with Crippen molar-refractivity contribution in [2.45, 2.75) is 13.1 Å². The highest BCUT2D eigenvalue weighted by molar-refractivity contribution is 6.31. The lowest BCUT2D eigenvalue weighted by atomic mass is 10.0. The lowest BCUT2D eigenvalue weighted by Crippen LogP contribution is -2.36. The molecule has 0 amide bonds. The monoisotopic (exact) mass is 468 g/mol. The fourth-order valence-electron chi connectivity index (χ4n) is 4.46. The van der Waals surface area contributed by atoms with Crippen molar-refractivity contribution < 1.29 is 14.6 Å². The molecule has 0 atom stereocenters. The lowest BCUT2D eigenvalue weighted by molar-refractivity contribution is 0.0328. The summed E-state index contributed by atoms with van der Waals surface area (Å²) in [5, 5.41) is 16.4. The molecule has 0 aliphatic carbocycles. The molecule has 2 aliphatic heterocycles. The van der Waals surface area contributed by atoms with Crippen molar-refractivity contribution >= 4 is 33.9 Å². The minimum atomic E-state index is 0.380. The first-order valence-corrected chi connectivity index (χ1v) is 11.8. The van der Waals surface area contributed by atoms with Gasteiger partial charge in [-0.05, 0) is 36.4 Å². The molecule has 2 aromatic carbocycles. The van der Waals surface area contributed by atoms with Crippen molar-refractivity contribution in [2.24, 2.45) is 0 Å². The Balaban J connectivity index is 1.47. The zero-order chi connectivity index (χ0) is 22.6. The third-order valence-electron chi connectivity index (χ3n) is 6.25. The van der Waals surface area contributed by atoms with Crippen molar-refractivity contribution in [3.63, 3.8) is 0 Å². The highest BCUT2D eigenvalue weighted by Crippen LogP contribution is 2.33. The standard InChI is InChI=1S/C25H29ClN4O3/c26-20-1-2-22-23(3-4-27-24(22)15-20)28-21-13-18(16-29-5-9-32-10-6-29)25(31)19(14-21)17-30-7-11-33-12-8-30/h1-4,13-15,31H,5-12,16-17H2,(H,27,28). The molecule has 2 fully saturated rings. The van der Waals surface area contributed by atoms with Gasteiger partial charge in [-0.3, -0.25) is 14.8 Å². The first-order valence-electron chi connectivity index (χ1n) is 11.4. The normalized spacial score (nSPS) is 18.0. The Morgan fingerprint density at radius 2 is 1.48 bits per heavy atom. The third kappa shape index (κ3) is 5.39. The molecular formula is C25H29ClN4O3. The SMILES string of the molecule is Oc1c(CN2CCOCC2)cc(Nc2ccnc3cc(Cl)ccc23)cc1CN1CCOCC1. The Labute approximate surface area is 198 Å². The molecule has 0 saturated carbocycles. The zero-order valence-electron chi connectivity index (χ0n) is 18.6. The molecule has 0 bridgehead atoms. The Morgan fingerprint density at radius 1 is 0.879 bits per heavy atom. The Kier molecular flexibility index (Phi) is 6.94. The van der Waals surface area contributed by atoms with E-state index in [2.05, 4.69) is 32.2 Å². The van der Waals surface area contributed by atoms with E-state index in [1.165, 1.54) is 0 Å².